The number of fused-ring (bicyclic) bond motifs is 3. The monoisotopic (exact) mass is 492 g/mol. The molecule has 0 spiro atoms. The van der Waals surface area contributed by atoms with Crippen molar-refractivity contribution >= 4 is 28.4 Å². The summed E-state index contributed by atoms with van der Waals surface area (Å²) in [5.41, 5.74) is -0.663. The molecule has 2 bridgehead atoms. The highest BCUT2D eigenvalue weighted by molar-refractivity contribution is 6.39. The highest BCUT2D eigenvalue weighted by atomic mass is 16.5. The molecule has 192 valence electrons. The topological polar surface area (TPSA) is 87.1 Å². The highest BCUT2D eigenvalue weighted by Gasteiger charge is 2.53. The molecule has 2 aromatic rings. The first-order valence-corrected chi connectivity index (χ1v) is 13.2. The van der Waals surface area contributed by atoms with E-state index in [1.807, 2.05) is 30.0 Å². The average Bonchev–Trinajstić information content (AvgIpc) is 2.88. The van der Waals surface area contributed by atoms with Gasteiger partial charge in [0.15, 0.2) is 0 Å². The maximum atomic E-state index is 13.6. The average molecular weight is 493 g/mol. The zero-order valence-electron chi connectivity index (χ0n) is 21.2. The van der Waals surface area contributed by atoms with Gasteiger partial charge in [0.2, 0.25) is 5.91 Å². The van der Waals surface area contributed by atoms with Crippen molar-refractivity contribution in [3.63, 3.8) is 0 Å². The maximum Gasteiger partial charge on any atom is 0.294 e. The van der Waals surface area contributed by atoms with Crippen LogP contribution in [0, 0.1) is 11.8 Å². The van der Waals surface area contributed by atoms with Crippen molar-refractivity contribution in [2.24, 2.45) is 11.8 Å². The van der Waals surface area contributed by atoms with E-state index in [-0.39, 0.29) is 30.2 Å². The summed E-state index contributed by atoms with van der Waals surface area (Å²) in [7, 11) is 1.61. The van der Waals surface area contributed by atoms with E-state index in [4.69, 9.17) is 4.74 Å². The molecule has 2 aliphatic heterocycles. The van der Waals surface area contributed by atoms with E-state index in [2.05, 4.69) is 24.3 Å². The van der Waals surface area contributed by atoms with Gasteiger partial charge in [0.05, 0.1) is 6.04 Å². The Morgan fingerprint density at radius 3 is 2.64 bits per heavy atom. The van der Waals surface area contributed by atoms with Crippen LogP contribution in [0.5, 0.6) is 0 Å². The summed E-state index contributed by atoms with van der Waals surface area (Å²) in [6.45, 7) is 3.17. The molecule has 5 unspecified atom stereocenters. The number of ether oxygens (including phenoxy) is 1. The summed E-state index contributed by atoms with van der Waals surface area (Å²) in [5.74, 6) is -1.85. The van der Waals surface area contributed by atoms with E-state index in [9.17, 15) is 19.5 Å². The number of hydrogen-bond donors (Lipinski definition) is 1. The minimum absolute atomic E-state index is 0.0351. The lowest BCUT2D eigenvalue weighted by Gasteiger charge is -2.50. The van der Waals surface area contributed by atoms with Crippen molar-refractivity contribution in [2.75, 3.05) is 20.3 Å². The van der Waals surface area contributed by atoms with Crippen molar-refractivity contribution in [1.82, 2.24) is 9.80 Å². The summed E-state index contributed by atoms with van der Waals surface area (Å²) in [4.78, 5) is 44.0. The summed E-state index contributed by atoms with van der Waals surface area (Å²) in [6, 6.07) is 13.5. The number of piperidine rings is 1. The normalized spacial score (nSPS) is 30.5. The minimum atomic E-state index is -1.71. The first-order chi connectivity index (χ1) is 17.3. The molecule has 7 nitrogen and oxygen atoms in total. The van der Waals surface area contributed by atoms with Gasteiger partial charge < -0.3 is 19.6 Å². The van der Waals surface area contributed by atoms with Gasteiger partial charge in [-0.15, -0.1) is 0 Å². The van der Waals surface area contributed by atoms with Gasteiger partial charge in [0, 0.05) is 26.8 Å². The Morgan fingerprint density at radius 2 is 1.86 bits per heavy atom. The van der Waals surface area contributed by atoms with Crippen molar-refractivity contribution in [3.05, 3.63) is 48.0 Å². The SMILES string of the molecule is COCC1CCC(C)C(O)(C(=O)C(=O)N2C3CCCC2C(=O)N(Cc2ccc4ccccc4c2)C3)C1. The summed E-state index contributed by atoms with van der Waals surface area (Å²) in [5, 5.41) is 13.7. The molecule has 2 saturated heterocycles. The zero-order chi connectivity index (χ0) is 25.4. The van der Waals surface area contributed by atoms with Gasteiger partial charge in [-0.25, -0.2) is 0 Å². The lowest BCUT2D eigenvalue weighted by molar-refractivity contribution is -0.172. The largest absolute Gasteiger partial charge is 0.384 e. The number of amides is 2. The summed E-state index contributed by atoms with van der Waals surface area (Å²) >= 11 is 0. The van der Waals surface area contributed by atoms with Crippen LogP contribution in [-0.4, -0.2) is 70.5 Å². The smallest absolute Gasteiger partial charge is 0.294 e. The number of aliphatic hydroxyl groups is 1. The van der Waals surface area contributed by atoms with Crippen LogP contribution in [0.15, 0.2) is 42.5 Å². The number of likely N-dealkylation sites (tertiary alicyclic amines) is 1. The van der Waals surface area contributed by atoms with Gasteiger partial charge in [-0.05, 0) is 72.8 Å². The molecule has 2 amide bonds. The Kier molecular flexibility index (Phi) is 6.88. The first-order valence-electron chi connectivity index (χ1n) is 13.2. The van der Waals surface area contributed by atoms with Gasteiger partial charge in [0.1, 0.15) is 11.6 Å². The fraction of sp³-hybridized carbons (Fsp3) is 0.552. The molecule has 36 heavy (non-hydrogen) atoms. The van der Waals surface area contributed by atoms with Crippen LogP contribution in [0.4, 0.5) is 0 Å². The Bertz CT molecular complexity index is 1170. The van der Waals surface area contributed by atoms with Crippen molar-refractivity contribution < 1.29 is 24.2 Å². The fourth-order valence-corrected chi connectivity index (χ4v) is 6.53. The lowest BCUT2D eigenvalue weighted by atomic mass is 9.69. The summed E-state index contributed by atoms with van der Waals surface area (Å²) < 4.78 is 5.26. The number of methoxy groups -OCH3 is 1. The molecule has 3 fully saturated rings. The Labute approximate surface area is 212 Å². The van der Waals surface area contributed by atoms with E-state index < -0.39 is 23.3 Å². The number of nitrogens with zero attached hydrogens (tertiary/aromatic N) is 2. The molecular weight excluding hydrogens is 456 g/mol. The van der Waals surface area contributed by atoms with Gasteiger partial charge in [0.25, 0.3) is 11.7 Å². The lowest BCUT2D eigenvalue weighted by Crippen LogP contribution is -2.68. The number of carbonyl (C=O) groups is 3. The second kappa shape index (κ2) is 9.94. The third kappa shape index (κ3) is 4.43. The molecule has 5 rings (SSSR count). The third-order valence-electron chi connectivity index (χ3n) is 8.61. The van der Waals surface area contributed by atoms with Crippen LogP contribution < -0.4 is 0 Å². The molecule has 0 aromatic heterocycles. The van der Waals surface area contributed by atoms with Crippen LogP contribution in [0.3, 0.4) is 0 Å². The number of piperazine rings is 1. The predicted octanol–water partition coefficient (Wildman–Crippen LogP) is 3.31. The Hall–Kier alpha value is -2.77. The van der Waals surface area contributed by atoms with E-state index in [0.29, 0.717) is 32.5 Å². The van der Waals surface area contributed by atoms with Crippen molar-refractivity contribution in [2.45, 2.75) is 69.7 Å². The van der Waals surface area contributed by atoms with Gasteiger partial charge in [-0.3, -0.25) is 14.4 Å². The Morgan fingerprint density at radius 1 is 1.08 bits per heavy atom. The number of hydrogen-bond acceptors (Lipinski definition) is 5. The third-order valence-corrected chi connectivity index (χ3v) is 8.61. The first kappa shape index (κ1) is 24.9. The number of rotatable bonds is 6. The van der Waals surface area contributed by atoms with E-state index in [1.54, 1.807) is 7.11 Å². The molecule has 3 aliphatic rings. The van der Waals surface area contributed by atoms with Crippen LogP contribution in [0.2, 0.25) is 0 Å². The predicted molar refractivity (Wildman–Crippen MR) is 136 cm³/mol. The second-order valence-electron chi connectivity index (χ2n) is 11.0. The fourth-order valence-electron chi connectivity index (χ4n) is 6.53. The van der Waals surface area contributed by atoms with Gasteiger partial charge >= 0.3 is 0 Å². The van der Waals surface area contributed by atoms with Gasteiger partial charge in [-0.2, -0.15) is 0 Å². The molecule has 7 heteroatoms. The number of benzene rings is 2. The van der Waals surface area contributed by atoms with E-state index in [0.717, 1.165) is 35.6 Å². The molecule has 1 saturated carbocycles. The molecule has 5 atom stereocenters. The van der Waals surface area contributed by atoms with Crippen LogP contribution in [-0.2, 0) is 25.7 Å². The van der Waals surface area contributed by atoms with Crippen molar-refractivity contribution in [3.8, 4) is 0 Å². The Balaban J connectivity index is 1.34. The molecular formula is C29H36N2O5. The minimum Gasteiger partial charge on any atom is -0.384 e. The quantitative estimate of drug-likeness (QED) is 0.625. The standard InChI is InChI=1S/C29H36N2O5/c1-19-10-11-21(18-36-2)15-29(19,35)26(32)28(34)31-24-8-5-9-25(31)27(33)30(17-24)16-20-12-13-22-6-3-4-7-23(22)14-20/h3-4,6-7,12-14,19,21,24-25,35H,5,8-11,15-18H2,1-2H3. The van der Waals surface area contributed by atoms with Gasteiger partial charge in [-0.1, -0.05) is 43.3 Å². The second-order valence-corrected chi connectivity index (χ2v) is 11.0. The molecule has 0 radical (unpaired) electrons. The van der Waals surface area contributed by atoms with Crippen LogP contribution in [0.1, 0.15) is 51.0 Å². The van der Waals surface area contributed by atoms with Crippen LogP contribution in [0.25, 0.3) is 10.8 Å². The molecule has 1 aliphatic carbocycles. The molecule has 1 N–H and O–H groups in total. The molecule has 2 heterocycles. The van der Waals surface area contributed by atoms with E-state index >= 15 is 0 Å². The van der Waals surface area contributed by atoms with Crippen LogP contribution >= 0.6 is 0 Å². The zero-order valence-corrected chi connectivity index (χ0v) is 21.2. The highest BCUT2D eigenvalue weighted by Crippen LogP contribution is 2.39. The number of ketones is 1. The van der Waals surface area contributed by atoms with Crippen molar-refractivity contribution in [1.29, 1.82) is 0 Å². The summed E-state index contributed by atoms with van der Waals surface area (Å²) in [6.07, 6.45) is 3.88. The number of Topliss-reactive ketones (excluding diaryl/α,β-unsaturated/α-hetero) is 1. The molecule has 2 aromatic carbocycles. The number of carbonyl (C=O) groups excluding carboxylic acids is 3. The maximum absolute atomic E-state index is 13.6. The van der Waals surface area contributed by atoms with E-state index in [1.165, 1.54) is 4.90 Å².